The molecule has 0 spiro atoms. The molecule has 0 aromatic heterocycles. The minimum Gasteiger partial charge on any atom is -0.381 e. The van der Waals surface area contributed by atoms with Crippen molar-refractivity contribution in [2.45, 2.75) is 26.7 Å². The fourth-order valence-electron chi connectivity index (χ4n) is 0.523. The van der Waals surface area contributed by atoms with E-state index in [0.717, 1.165) is 25.6 Å². The van der Waals surface area contributed by atoms with E-state index in [1.54, 1.807) is 0 Å². The predicted octanol–water partition coefficient (Wildman–Crippen LogP) is 2.27. The maximum Gasteiger partial charge on any atom is 0.0468 e. The molecule has 0 fully saturated rings. The Morgan fingerprint density at radius 2 is 2.00 bits per heavy atom. The van der Waals surface area contributed by atoms with Gasteiger partial charge in [-0.1, -0.05) is 20.8 Å². The lowest BCUT2D eigenvalue weighted by atomic mass is 10.1. The van der Waals surface area contributed by atoms with Crippen molar-refractivity contribution >= 4 is 0 Å². The molecule has 0 saturated carbocycles. The first-order valence-corrected chi connectivity index (χ1v) is 3.64. The molecule has 0 bridgehead atoms. The second kappa shape index (κ2) is 6.09. The summed E-state index contributed by atoms with van der Waals surface area (Å²) in [5, 5.41) is 0. The summed E-state index contributed by atoms with van der Waals surface area (Å²) in [4.78, 5) is 0. The van der Waals surface area contributed by atoms with Crippen molar-refractivity contribution in [1.82, 2.24) is 0 Å². The van der Waals surface area contributed by atoms with E-state index in [9.17, 15) is 0 Å². The lowest BCUT2D eigenvalue weighted by molar-refractivity contribution is 0.127. The van der Waals surface area contributed by atoms with Crippen LogP contribution in [0.2, 0.25) is 0 Å². The molecule has 0 aliphatic heterocycles. The van der Waals surface area contributed by atoms with Crippen molar-refractivity contribution in [1.29, 1.82) is 0 Å². The first kappa shape index (κ1) is 8.96. The molecule has 0 aromatic rings. The van der Waals surface area contributed by atoms with E-state index in [4.69, 9.17) is 4.74 Å². The van der Waals surface area contributed by atoms with Gasteiger partial charge in [-0.05, 0) is 18.8 Å². The van der Waals surface area contributed by atoms with E-state index in [1.165, 1.54) is 6.42 Å². The highest BCUT2D eigenvalue weighted by molar-refractivity contribution is 4.43. The van der Waals surface area contributed by atoms with Crippen molar-refractivity contribution in [2.24, 2.45) is 5.92 Å². The van der Waals surface area contributed by atoms with E-state index >= 15 is 0 Å². The average molecular weight is 129 g/mol. The molecular formula is C8H17O. The zero-order valence-electron chi connectivity index (χ0n) is 6.52. The monoisotopic (exact) mass is 129 g/mol. The van der Waals surface area contributed by atoms with E-state index in [1.807, 2.05) is 0 Å². The molecule has 0 unspecified atom stereocenters. The van der Waals surface area contributed by atoms with E-state index in [0.29, 0.717) is 0 Å². The fraction of sp³-hybridized carbons (Fsp3) is 0.875. The summed E-state index contributed by atoms with van der Waals surface area (Å²) in [5.74, 6) is 0.759. The molecule has 0 N–H and O–H groups in total. The third-order valence-corrected chi connectivity index (χ3v) is 1.13. The zero-order valence-corrected chi connectivity index (χ0v) is 6.52. The maximum absolute atomic E-state index is 5.23. The quantitative estimate of drug-likeness (QED) is 0.517. The first-order chi connectivity index (χ1) is 4.27. The largest absolute Gasteiger partial charge is 0.381 e. The van der Waals surface area contributed by atoms with Gasteiger partial charge in [-0.15, -0.1) is 0 Å². The summed E-state index contributed by atoms with van der Waals surface area (Å²) >= 11 is 0. The highest BCUT2D eigenvalue weighted by atomic mass is 16.5. The number of hydrogen-bond donors (Lipinski definition) is 0. The third-order valence-electron chi connectivity index (χ3n) is 1.13. The van der Waals surface area contributed by atoms with Gasteiger partial charge in [-0.25, -0.2) is 0 Å². The standard InChI is InChI=1S/C8H17O/c1-4-6-9-7-5-8(2)3/h8H,1,4-7H2,2-3H3. The van der Waals surface area contributed by atoms with E-state index < -0.39 is 0 Å². The van der Waals surface area contributed by atoms with Crippen molar-refractivity contribution in [3.63, 3.8) is 0 Å². The van der Waals surface area contributed by atoms with Crippen LogP contribution in [0, 0.1) is 12.8 Å². The Morgan fingerprint density at radius 1 is 1.33 bits per heavy atom. The topological polar surface area (TPSA) is 9.23 Å². The van der Waals surface area contributed by atoms with Gasteiger partial charge in [-0.3, -0.25) is 0 Å². The minimum absolute atomic E-state index is 0.759. The van der Waals surface area contributed by atoms with Gasteiger partial charge < -0.3 is 4.74 Å². The lowest BCUT2D eigenvalue weighted by Gasteiger charge is -2.03. The third kappa shape index (κ3) is 7.96. The molecule has 0 saturated heterocycles. The van der Waals surface area contributed by atoms with Gasteiger partial charge in [0.2, 0.25) is 0 Å². The van der Waals surface area contributed by atoms with Crippen molar-refractivity contribution in [2.75, 3.05) is 13.2 Å². The highest BCUT2D eigenvalue weighted by Crippen LogP contribution is 1.98. The molecule has 1 heteroatoms. The Morgan fingerprint density at radius 3 is 2.44 bits per heavy atom. The van der Waals surface area contributed by atoms with Gasteiger partial charge in [-0.2, -0.15) is 0 Å². The van der Waals surface area contributed by atoms with Crippen LogP contribution in [0.3, 0.4) is 0 Å². The van der Waals surface area contributed by atoms with Crippen LogP contribution < -0.4 is 0 Å². The van der Waals surface area contributed by atoms with Gasteiger partial charge >= 0.3 is 0 Å². The van der Waals surface area contributed by atoms with Crippen LogP contribution in [0.1, 0.15) is 26.7 Å². The fourth-order valence-corrected chi connectivity index (χ4v) is 0.523. The maximum atomic E-state index is 5.23. The number of ether oxygens (including phenoxy) is 1. The molecule has 0 aliphatic rings. The van der Waals surface area contributed by atoms with Crippen LogP contribution in [0.15, 0.2) is 0 Å². The van der Waals surface area contributed by atoms with Crippen molar-refractivity contribution in [3.8, 4) is 0 Å². The number of rotatable bonds is 5. The van der Waals surface area contributed by atoms with Crippen molar-refractivity contribution in [3.05, 3.63) is 6.92 Å². The smallest absolute Gasteiger partial charge is 0.0468 e. The van der Waals surface area contributed by atoms with Gasteiger partial charge in [0.1, 0.15) is 0 Å². The molecular weight excluding hydrogens is 112 g/mol. The summed E-state index contributed by atoms with van der Waals surface area (Å²) in [6, 6.07) is 0. The average Bonchev–Trinajstić information content (AvgIpc) is 1.80. The predicted molar refractivity (Wildman–Crippen MR) is 40.2 cm³/mol. The summed E-state index contributed by atoms with van der Waals surface area (Å²) < 4.78 is 5.23. The Balaban J connectivity index is 2.75. The lowest BCUT2D eigenvalue weighted by Crippen LogP contribution is -1.99. The number of hydrogen-bond acceptors (Lipinski definition) is 1. The van der Waals surface area contributed by atoms with Gasteiger partial charge in [0, 0.05) is 13.2 Å². The molecule has 0 aromatic carbocycles. The molecule has 0 amide bonds. The SMILES string of the molecule is [CH2]CCOCCC(C)C. The Bertz CT molecular complexity index is 50.5. The molecule has 0 rings (SSSR count). The van der Waals surface area contributed by atoms with Gasteiger partial charge in [0.05, 0.1) is 0 Å². The summed E-state index contributed by atoms with van der Waals surface area (Å²) in [6.45, 7) is 9.79. The van der Waals surface area contributed by atoms with E-state index in [-0.39, 0.29) is 0 Å². The molecule has 55 valence electrons. The summed E-state index contributed by atoms with van der Waals surface area (Å²) in [7, 11) is 0. The normalized spacial score (nSPS) is 10.7. The van der Waals surface area contributed by atoms with Crippen molar-refractivity contribution < 1.29 is 4.74 Å². The van der Waals surface area contributed by atoms with E-state index in [2.05, 4.69) is 20.8 Å². The minimum atomic E-state index is 0.759. The first-order valence-electron chi connectivity index (χ1n) is 3.64. The molecule has 1 nitrogen and oxygen atoms in total. The Kier molecular flexibility index (Phi) is 6.06. The summed E-state index contributed by atoms with van der Waals surface area (Å²) in [6.07, 6.45) is 2.05. The van der Waals surface area contributed by atoms with Crippen LogP contribution in [0.25, 0.3) is 0 Å². The molecule has 0 aliphatic carbocycles. The molecule has 9 heavy (non-hydrogen) atoms. The van der Waals surface area contributed by atoms with Gasteiger partial charge in [0.25, 0.3) is 0 Å². The van der Waals surface area contributed by atoms with Crippen LogP contribution in [-0.2, 0) is 4.74 Å². The Hall–Kier alpha value is -0.0400. The Labute approximate surface area is 58.4 Å². The second-order valence-electron chi connectivity index (χ2n) is 2.65. The summed E-state index contributed by atoms with van der Waals surface area (Å²) in [5.41, 5.74) is 0. The molecule has 0 heterocycles. The second-order valence-corrected chi connectivity index (χ2v) is 2.65. The highest BCUT2D eigenvalue weighted by Gasteiger charge is 1.91. The van der Waals surface area contributed by atoms with Gasteiger partial charge in [0.15, 0.2) is 0 Å². The zero-order chi connectivity index (χ0) is 7.11. The molecule has 0 atom stereocenters. The van der Waals surface area contributed by atoms with Crippen LogP contribution in [0.5, 0.6) is 0 Å². The molecule has 1 radical (unpaired) electrons. The van der Waals surface area contributed by atoms with Crippen LogP contribution in [-0.4, -0.2) is 13.2 Å². The van der Waals surface area contributed by atoms with Crippen LogP contribution in [0.4, 0.5) is 0 Å². The van der Waals surface area contributed by atoms with Crippen LogP contribution >= 0.6 is 0 Å².